The number of anilines is 1. The molecule has 0 saturated carbocycles. The number of rotatable bonds is 2. The molecule has 0 unspecified atom stereocenters. The first kappa shape index (κ1) is 25.4. The minimum Gasteiger partial charge on any atom is -0.444 e. The van der Waals surface area contributed by atoms with Gasteiger partial charge in [0.1, 0.15) is 17.5 Å². The van der Waals surface area contributed by atoms with Crippen molar-refractivity contribution >= 4 is 34.5 Å². The molecule has 1 atom stereocenters. The van der Waals surface area contributed by atoms with Crippen LogP contribution in [0.4, 0.5) is 15.0 Å². The monoisotopic (exact) mass is 512 g/mol. The Morgan fingerprint density at radius 3 is 2.64 bits per heavy atom. The Hall–Kier alpha value is -3.71. The summed E-state index contributed by atoms with van der Waals surface area (Å²) in [5.74, 6) is -0.527. The molecule has 4 rings (SSSR count). The number of aryl methyl sites for hydroxylation is 1. The summed E-state index contributed by atoms with van der Waals surface area (Å²) in [5, 5.41) is 9.52. The lowest BCUT2D eigenvalue weighted by Gasteiger charge is -2.41. The van der Waals surface area contributed by atoms with E-state index < -0.39 is 28.4 Å². The van der Waals surface area contributed by atoms with Gasteiger partial charge in [-0.15, -0.1) is 0 Å². The van der Waals surface area contributed by atoms with E-state index in [2.05, 4.69) is 16.0 Å². The van der Waals surface area contributed by atoms with Crippen molar-refractivity contribution in [3.8, 4) is 11.8 Å². The van der Waals surface area contributed by atoms with Gasteiger partial charge in [0.05, 0.1) is 16.6 Å². The quantitative estimate of drug-likeness (QED) is 0.474. The molecule has 188 valence electrons. The second kappa shape index (κ2) is 9.39. The van der Waals surface area contributed by atoms with Crippen molar-refractivity contribution in [3.63, 3.8) is 0 Å². The molecule has 36 heavy (non-hydrogen) atoms. The first-order valence-electron chi connectivity index (χ1n) is 11.4. The van der Waals surface area contributed by atoms with Crippen molar-refractivity contribution < 1.29 is 13.9 Å². The van der Waals surface area contributed by atoms with Gasteiger partial charge in [-0.05, 0) is 52.3 Å². The van der Waals surface area contributed by atoms with E-state index in [-0.39, 0.29) is 28.5 Å². The SMILES string of the molecule is Cc1cccc(C#N)c1-n1c(=O)nc(N2CCN(C(=O)OC(C)(C)C)C[C@@H]2C)c2cc(F)c(Cl)nc21. The molecule has 3 heterocycles. The van der Waals surface area contributed by atoms with Crippen molar-refractivity contribution in [1.29, 1.82) is 5.26 Å². The van der Waals surface area contributed by atoms with Crippen LogP contribution in [0.25, 0.3) is 16.7 Å². The number of carbonyl (C=O) groups excluding carboxylic acids is 1. The summed E-state index contributed by atoms with van der Waals surface area (Å²) in [4.78, 5) is 37.9. The Labute approximate surface area is 212 Å². The van der Waals surface area contributed by atoms with Gasteiger partial charge in [-0.1, -0.05) is 23.7 Å². The van der Waals surface area contributed by atoms with E-state index in [0.29, 0.717) is 30.9 Å². The number of nitriles is 1. The van der Waals surface area contributed by atoms with Crippen LogP contribution in [0.3, 0.4) is 0 Å². The number of pyridine rings is 1. The Balaban J connectivity index is 1.84. The van der Waals surface area contributed by atoms with E-state index in [0.717, 1.165) is 0 Å². The Kier molecular flexibility index (Phi) is 6.62. The molecule has 3 aromatic rings. The predicted octanol–water partition coefficient (Wildman–Crippen LogP) is 4.20. The van der Waals surface area contributed by atoms with Gasteiger partial charge in [-0.25, -0.2) is 23.5 Å². The minimum absolute atomic E-state index is 0.0870. The number of amides is 1. The van der Waals surface area contributed by atoms with Gasteiger partial charge in [0, 0.05) is 25.7 Å². The van der Waals surface area contributed by atoms with Crippen molar-refractivity contribution in [2.75, 3.05) is 24.5 Å². The third-order valence-electron chi connectivity index (χ3n) is 5.89. The maximum Gasteiger partial charge on any atom is 0.410 e. The third-order valence-corrected chi connectivity index (χ3v) is 6.16. The molecule has 0 N–H and O–H groups in total. The maximum absolute atomic E-state index is 14.6. The summed E-state index contributed by atoms with van der Waals surface area (Å²) in [6.07, 6.45) is -0.426. The van der Waals surface area contributed by atoms with Crippen LogP contribution in [0.1, 0.15) is 38.8 Å². The van der Waals surface area contributed by atoms with Gasteiger partial charge in [0.2, 0.25) is 0 Å². The van der Waals surface area contributed by atoms with E-state index >= 15 is 0 Å². The second-order valence-corrected chi connectivity index (χ2v) is 10.1. The number of benzene rings is 1. The molecule has 1 aliphatic heterocycles. The van der Waals surface area contributed by atoms with E-state index in [1.807, 2.05) is 11.8 Å². The minimum atomic E-state index is -0.761. The molecule has 1 amide bonds. The number of fused-ring (bicyclic) bond motifs is 1. The number of ether oxygens (including phenoxy) is 1. The Morgan fingerprint density at radius 1 is 1.28 bits per heavy atom. The number of piperazine rings is 1. The first-order chi connectivity index (χ1) is 16.9. The van der Waals surface area contributed by atoms with Crippen LogP contribution >= 0.6 is 11.6 Å². The molecular weight excluding hydrogens is 487 g/mol. The molecular formula is C25H26ClFN6O3. The number of hydrogen-bond acceptors (Lipinski definition) is 7. The number of aromatic nitrogens is 3. The van der Waals surface area contributed by atoms with Crippen LogP contribution in [0.5, 0.6) is 0 Å². The van der Waals surface area contributed by atoms with E-state index in [1.54, 1.807) is 50.8 Å². The summed E-state index contributed by atoms with van der Waals surface area (Å²) in [6, 6.07) is 8.06. The van der Waals surface area contributed by atoms with Crippen LogP contribution < -0.4 is 10.6 Å². The van der Waals surface area contributed by atoms with Crippen molar-refractivity contribution in [1.82, 2.24) is 19.4 Å². The standard InChI is InChI=1S/C25H26ClFN6O3/c1-14-7-6-8-16(12-28)19(14)33-22-17(11-18(27)20(26)29-22)21(30-23(33)34)32-10-9-31(13-15(32)2)24(35)36-25(3,4)5/h6-8,11,15H,9-10,13H2,1-5H3/t15-/m0/s1. The zero-order chi connectivity index (χ0) is 26.4. The zero-order valence-corrected chi connectivity index (χ0v) is 21.4. The highest BCUT2D eigenvalue weighted by Crippen LogP contribution is 2.31. The van der Waals surface area contributed by atoms with Gasteiger partial charge in [0.15, 0.2) is 16.6 Å². The molecule has 0 bridgehead atoms. The molecule has 1 fully saturated rings. The van der Waals surface area contributed by atoms with Gasteiger partial charge in [-0.2, -0.15) is 10.2 Å². The topological polar surface area (TPSA) is 104 Å². The van der Waals surface area contributed by atoms with Crippen LogP contribution in [0.15, 0.2) is 29.1 Å². The lowest BCUT2D eigenvalue weighted by molar-refractivity contribution is 0.0218. The van der Waals surface area contributed by atoms with Crippen LogP contribution in [-0.4, -0.2) is 56.8 Å². The van der Waals surface area contributed by atoms with Crippen LogP contribution in [0.2, 0.25) is 5.15 Å². The highest BCUT2D eigenvalue weighted by atomic mass is 35.5. The number of halogens is 2. The largest absolute Gasteiger partial charge is 0.444 e. The molecule has 1 aliphatic rings. The summed E-state index contributed by atoms with van der Waals surface area (Å²) in [5.41, 5.74) is -0.0144. The highest BCUT2D eigenvalue weighted by Gasteiger charge is 2.32. The zero-order valence-electron chi connectivity index (χ0n) is 20.7. The fraction of sp³-hybridized carbons (Fsp3) is 0.400. The lowest BCUT2D eigenvalue weighted by Crippen LogP contribution is -2.55. The fourth-order valence-electron chi connectivity index (χ4n) is 4.31. The fourth-order valence-corrected chi connectivity index (χ4v) is 4.45. The summed E-state index contributed by atoms with van der Waals surface area (Å²) >= 11 is 6.03. The van der Waals surface area contributed by atoms with Crippen molar-refractivity contribution in [3.05, 3.63) is 56.8 Å². The second-order valence-electron chi connectivity index (χ2n) is 9.74. The van der Waals surface area contributed by atoms with E-state index in [4.69, 9.17) is 16.3 Å². The molecule has 1 saturated heterocycles. The maximum atomic E-state index is 14.6. The molecule has 0 spiro atoms. The van der Waals surface area contributed by atoms with Gasteiger partial charge in [-0.3, -0.25) is 0 Å². The van der Waals surface area contributed by atoms with Crippen LogP contribution in [0, 0.1) is 24.1 Å². The Morgan fingerprint density at radius 2 is 2.00 bits per heavy atom. The first-order valence-corrected chi connectivity index (χ1v) is 11.8. The summed E-state index contributed by atoms with van der Waals surface area (Å²) in [6.45, 7) is 10.0. The molecule has 0 aliphatic carbocycles. The number of para-hydroxylation sites is 1. The molecule has 0 radical (unpaired) electrons. The van der Waals surface area contributed by atoms with Gasteiger partial charge < -0.3 is 14.5 Å². The summed E-state index contributed by atoms with van der Waals surface area (Å²) in [7, 11) is 0. The van der Waals surface area contributed by atoms with Crippen molar-refractivity contribution in [2.45, 2.75) is 46.3 Å². The summed E-state index contributed by atoms with van der Waals surface area (Å²) < 4.78 is 21.3. The van der Waals surface area contributed by atoms with E-state index in [9.17, 15) is 19.2 Å². The predicted molar refractivity (Wildman–Crippen MR) is 134 cm³/mol. The smallest absolute Gasteiger partial charge is 0.410 e. The average molecular weight is 513 g/mol. The van der Waals surface area contributed by atoms with Crippen LogP contribution in [-0.2, 0) is 4.74 Å². The molecule has 2 aromatic heterocycles. The number of carbonyl (C=O) groups is 1. The molecule has 1 aromatic carbocycles. The highest BCUT2D eigenvalue weighted by molar-refractivity contribution is 6.30. The molecule has 11 heteroatoms. The Bertz CT molecular complexity index is 1460. The van der Waals surface area contributed by atoms with Crippen molar-refractivity contribution in [2.24, 2.45) is 0 Å². The number of hydrogen-bond donors (Lipinski definition) is 0. The van der Waals surface area contributed by atoms with Gasteiger partial charge in [0.25, 0.3) is 0 Å². The number of nitrogens with zero attached hydrogens (tertiary/aromatic N) is 6. The normalized spacial score (nSPS) is 16.2. The van der Waals surface area contributed by atoms with Gasteiger partial charge >= 0.3 is 11.8 Å². The third kappa shape index (κ3) is 4.71. The average Bonchev–Trinajstić information content (AvgIpc) is 2.79. The van der Waals surface area contributed by atoms with E-state index in [1.165, 1.54) is 10.6 Å². The lowest BCUT2D eigenvalue weighted by atomic mass is 10.1. The molecule has 9 nitrogen and oxygen atoms in total.